The lowest BCUT2D eigenvalue weighted by Crippen LogP contribution is -2.28. The third-order valence-corrected chi connectivity index (χ3v) is 15.3. The number of nitrogens with zero attached hydrogens (tertiary/aromatic N) is 1. The summed E-state index contributed by atoms with van der Waals surface area (Å²) >= 11 is 0. The van der Waals surface area contributed by atoms with Gasteiger partial charge in [0.2, 0.25) is 0 Å². The van der Waals surface area contributed by atoms with E-state index in [1.807, 2.05) is 0 Å². The molecule has 3 nitrogen and oxygen atoms in total. The summed E-state index contributed by atoms with van der Waals surface area (Å²) in [5.74, 6) is 0. The van der Waals surface area contributed by atoms with Gasteiger partial charge < -0.3 is 8.39 Å². The summed E-state index contributed by atoms with van der Waals surface area (Å²) in [4.78, 5) is 0. The van der Waals surface area contributed by atoms with Gasteiger partial charge in [0.25, 0.3) is 0 Å². The van der Waals surface area contributed by atoms with E-state index < -0.39 is 16.1 Å². The largest absolute Gasteiger partial charge is 0.407 e. The lowest BCUT2D eigenvalue weighted by molar-refractivity contribution is 0.614. The van der Waals surface area contributed by atoms with Gasteiger partial charge in [0.05, 0.1) is 0 Å². The molecule has 1 aromatic heterocycles. The molecule has 0 fully saturated rings. The van der Waals surface area contributed by atoms with Crippen LogP contribution in [-0.2, 0) is 0 Å². The first-order valence-corrected chi connectivity index (χ1v) is 22.2. The topological polar surface area (TPSA) is 29.5 Å². The summed E-state index contributed by atoms with van der Waals surface area (Å²) in [7, 11) is -0.398. The Bertz CT molecular complexity index is 2910. The first kappa shape index (κ1) is 36.2. The minimum atomic E-state index is -1.72. The van der Waals surface area contributed by atoms with Crippen LogP contribution in [-0.4, -0.2) is 7.05 Å². The molecule has 0 N–H and O–H groups in total. The van der Waals surface area contributed by atoms with Gasteiger partial charge in [-0.3, -0.25) is 0 Å². The molecule has 10 aromatic rings. The van der Waals surface area contributed by atoms with Gasteiger partial charge in [0.15, 0.2) is 11.2 Å². The van der Waals surface area contributed by atoms with Crippen molar-refractivity contribution < 1.29 is 8.39 Å². The summed E-state index contributed by atoms with van der Waals surface area (Å²) in [6, 6.07) is 74.0. The molecule has 58 heavy (non-hydrogen) atoms. The van der Waals surface area contributed by atoms with Crippen molar-refractivity contribution in [3.05, 3.63) is 212 Å². The van der Waals surface area contributed by atoms with Gasteiger partial charge in [-0.15, -0.1) is 0 Å². The van der Waals surface area contributed by atoms with E-state index in [4.69, 9.17) is 8.39 Å². The highest BCUT2D eigenvalue weighted by Crippen LogP contribution is 2.49. The Morgan fingerprint density at radius 2 is 0.862 bits per heavy atom. The van der Waals surface area contributed by atoms with Gasteiger partial charge in [0, 0.05) is 35.0 Å². The van der Waals surface area contributed by atoms with Gasteiger partial charge >= 0.3 is 8.16 Å². The van der Waals surface area contributed by atoms with Crippen LogP contribution >= 0.6 is 16.1 Å². The van der Waals surface area contributed by atoms with Crippen LogP contribution in [0, 0.1) is 0 Å². The molecule has 10 rings (SSSR count). The number of rotatable bonds is 8. The van der Waals surface area contributed by atoms with Crippen LogP contribution in [0.2, 0.25) is 0 Å². The molecule has 0 aliphatic rings. The first-order valence-electron chi connectivity index (χ1n) is 19.7. The molecular formula is C53H41NO2P2. The summed E-state index contributed by atoms with van der Waals surface area (Å²) < 4.78 is 17.4. The maximum absolute atomic E-state index is 7.52. The third kappa shape index (κ3) is 6.52. The highest BCUT2D eigenvalue weighted by molar-refractivity contribution is 7.79. The molecule has 9 aromatic carbocycles. The Morgan fingerprint density at radius 1 is 0.466 bits per heavy atom. The zero-order valence-electron chi connectivity index (χ0n) is 32.4. The lowest BCUT2D eigenvalue weighted by Gasteiger charge is -2.28. The highest BCUT2D eigenvalue weighted by Gasteiger charge is 2.27. The second kappa shape index (κ2) is 15.6. The molecule has 280 valence electrons. The van der Waals surface area contributed by atoms with E-state index in [-0.39, 0.29) is 6.04 Å². The van der Waals surface area contributed by atoms with Crippen LogP contribution in [0.25, 0.3) is 65.7 Å². The molecule has 1 atom stereocenters. The normalized spacial score (nSPS) is 12.2. The fourth-order valence-corrected chi connectivity index (χ4v) is 12.2. The minimum Gasteiger partial charge on any atom is -0.407 e. The van der Waals surface area contributed by atoms with E-state index in [2.05, 4.69) is 225 Å². The van der Waals surface area contributed by atoms with Crippen molar-refractivity contribution in [3.8, 4) is 22.3 Å². The smallest absolute Gasteiger partial charge is 0.310 e. The average Bonchev–Trinajstić information content (AvgIpc) is 3.48. The zero-order chi connectivity index (χ0) is 39.0. The van der Waals surface area contributed by atoms with Crippen molar-refractivity contribution in [1.82, 2.24) is 0 Å². The molecule has 0 spiro atoms. The van der Waals surface area contributed by atoms with E-state index in [1.165, 1.54) is 21.5 Å². The van der Waals surface area contributed by atoms with Crippen LogP contribution in [0.15, 0.2) is 215 Å². The van der Waals surface area contributed by atoms with Gasteiger partial charge in [-0.25, -0.2) is 0 Å². The summed E-state index contributed by atoms with van der Waals surface area (Å²) in [5, 5.41) is 10.7. The number of benzene rings is 9. The lowest BCUT2D eigenvalue weighted by atomic mass is 9.91. The Kier molecular flexibility index (Phi) is 9.73. The molecule has 0 aliphatic heterocycles. The van der Waals surface area contributed by atoms with E-state index in [1.54, 1.807) is 0 Å². The van der Waals surface area contributed by atoms with Gasteiger partial charge in [-0.1, -0.05) is 194 Å². The molecular weight excluding hydrogens is 745 g/mol. The van der Waals surface area contributed by atoms with Crippen molar-refractivity contribution in [3.63, 3.8) is 0 Å². The molecule has 5 heteroatoms. The zero-order valence-corrected chi connectivity index (χ0v) is 34.2. The molecule has 0 amide bonds. The maximum atomic E-state index is 7.52. The molecule has 0 unspecified atom stereocenters. The minimum absolute atomic E-state index is 0.0639. The predicted octanol–water partition coefficient (Wildman–Crippen LogP) is 14.0. The molecule has 0 saturated heterocycles. The maximum Gasteiger partial charge on any atom is 0.310 e. The fraction of sp³-hybridized carbons (Fsp3) is 0.0566. The Balaban J connectivity index is 1.30. The summed E-state index contributed by atoms with van der Waals surface area (Å²) in [5.41, 5.74) is 7.23. The Labute approximate surface area is 341 Å². The van der Waals surface area contributed by atoms with Crippen molar-refractivity contribution in [2.24, 2.45) is 0 Å². The molecule has 0 aliphatic carbocycles. The molecule has 0 saturated carbocycles. The molecule has 0 radical (unpaired) electrons. The van der Waals surface area contributed by atoms with Crippen LogP contribution < -0.4 is 20.6 Å². The monoisotopic (exact) mass is 785 g/mol. The van der Waals surface area contributed by atoms with Crippen LogP contribution in [0.5, 0.6) is 0 Å². The van der Waals surface area contributed by atoms with Crippen LogP contribution in [0.4, 0.5) is 0 Å². The average molecular weight is 786 g/mol. The first-order chi connectivity index (χ1) is 28.6. The second-order valence-corrected chi connectivity index (χ2v) is 18.3. The number of hydrogen-bond acceptors (Lipinski definition) is 3. The standard InChI is InChI=1S/C53H41NO2P2/c1-37(44-31-19-20-34-49(44)57(42-27-11-5-12-28-42)43-29-13-6-14-30-43)54(2)58-55-52-47(38-21-7-3-8-22-38)35-40-25-15-17-32-45(40)50(52)51-46-33-18-16-26-41(46)36-48(53(51)56-58)39-23-9-4-10-24-39/h3-37H,1-2H3/t37-/m0/s1. The summed E-state index contributed by atoms with van der Waals surface area (Å²) in [6.45, 7) is 2.29. The molecule has 1 heterocycles. The van der Waals surface area contributed by atoms with Gasteiger partial charge in [-0.2, -0.15) is 4.67 Å². The molecule has 0 bridgehead atoms. The van der Waals surface area contributed by atoms with Crippen LogP contribution in [0.3, 0.4) is 0 Å². The van der Waals surface area contributed by atoms with Gasteiger partial charge in [0.1, 0.15) is 0 Å². The predicted molar refractivity (Wildman–Crippen MR) is 250 cm³/mol. The van der Waals surface area contributed by atoms with Crippen molar-refractivity contribution in [1.29, 1.82) is 0 Å². The number of fused-ring (bicyclic) bond motifs is 7. The Hall–Kier alpha value is -6.21. The van der Waals surface area contributed by atoms with E-state index in [9.17, 15) is 0 Å². The second-order valence-electron chi connectivity index (χ2n) is 14.7. The van der Waals surface area contributed by atoms with E-state index in [0.717, 1.165) is 65.7 Å². The van der Waals surface area contributed by atoms with Crippen molar-refractivity contribution in [2.75, 3.05) is 11.7 Å². The van der Waals surface area contributed by atoms with E-state index >= 15 is 0 Å². The van der Waals surface area contributed by atoms with Crippen molar-refractivity contribution >= 4 is 75.5 Å². The number of hydrogen-bond donors (Lipinski definition) is 0. The van der Waals surface area contributed by atoms with E-state index in [0.29, 0.717) is 0 Å². The van der Waals surface area contributed by atoms with Crippen LogP contribution in [0.1, 0.15) is 18.5 Å². The Morgan fingerprint density at radius 3 is 1.34 bits per heavy atom. The SMILES string of the molecule is C[C@@H](c1ccccc1P(c1ccccc1)c1ccccc1)N(C)p1oc2c(-c3ccccc3)cc3ccccc3c2c2c(o1)c(-c1ccccc1)cc1ccccc12. The quantitative estimate of drug-likeness (QED) is 0.144. The third-order valence-electron chi connectivity index (χ3n) is 11.2. The fourth-order valence-electron chi connectivity index (χ4n) is 8.28. The highest BCUT2D eigenvalue weighted by atomic mass is 31.1. The van der Waals surface area contributed by atoms with Crippen molar-refractivity contribution in [2.45, 2.75) is 13.0 Å². The van der Waals surface area contributed by atoms with Gasteiger partial charge in [-0.05, 0) is 81.1 Å². The summed E-state index contributed by atoms with van der Waals surface area (Å²) in [6.07, 6.45) is 0.